The Hall–Kier alpha value is -2.36. The number of halogens is 4. The van der Waals surface area contributed by atoms with Gasteiger partial charge < -0.3 is 14.9 Å². The van der Waals surface area contributed by atoms with Gasteiger partial charge in [-0.3, -0.25) is 14.5 Å². The lowest BCUT2D eigenvalue weighted by Gasteiger charge is -2.44. The molecule has 3 aliphatic heterocycles. The van der Waals surface area contributed by atoms with E-state index < -0.39 is 35.2 Å². The fourth-order valence-electron chi connectivity index (χ4n) is 5.35. The quantitative estimate of drug-likeness (QED) is 0.631. The minimum Gasteiger partial charge on any atom is -0.481 e. The van der Waals surface area contributed by atoms with Crippen molar-refractivity contribution in [2.24, 2.45) is 5.92 Å². The first-order valence-corrected chi connectivity index (χ1v) is 12.1. The van der Waals surface area contributed by atoms with Crippen molar-refractivity contribution in [3.05, 3.63) is 29.3 Å². The Labute approximate surface area is 202 Å². The van der Waals surface area contributed by atoms with E-state index in [1.165, 1.54) is 11.0 Å². The zero-order valence-electron chi connectivity index (χ0n) is 20.4. The van der Waals surface area contributed by atoms with Gasteiger partial charge >= 0.3 is 12.1 Å². The molecule has 3 heterocycles. The molecule has 3 aliphatic rings. The van der Waals surface area contributed by atoms with Crippen LogP contribution in [0.4, 0.5) is 23.2 Å². The molecule has 0 aromatic heterocycles. The molecule has 0 aliphatic carbocycles. The molecule has 6 nitrogen and oxygen atoms in total. The lowest BCUT2D eigenvalue weighted by molar-refractivity contribution is -0.148. The Balaban J connectivity index is 1.49. The molecule has 1 atom stereocenters. The number of anilines is 1. The molecule has 1 aromatic rings. The molecule has 1 aromatic carbocycles. The van der Waals surface area contributed by atoms with Crippen molar-refractivity contribution < 1.29 is 32.3 Å². The highest BCUT2D eigenvalue weighted by Crippen LogP contribution is 2.41. The highest BCUT2D eigenvalue weighted by Gasteiger charge is 2.51. The third kappa shape index (κ3) is 5.13. The number of carbonyl (C=O) groups excluding carboxylic acids is 1. The number of hydrogen-bond donors (Lipinski definition) is 1. The summed E-state index contributed by atoms with van der Waals surface area (Å²) in [5, 5.41) is 9.25. The van der Waals surface area contributed by atoms with E-state index in [9.17, 15) is 27.9 Å². The molecule has 1 N–H and O–H groups in total. The number of carboxylic acid groups (broad SMARTS) is 1. The summed E-state index contributed by atoms with van der Waals surface area (Å²) < 4.78 is 55.8. The highest BCUT2D eigenvalue weighted by atomic mass is 19.4. The Morgan fingerprint density at radius 3 is 2.20 bits per heavy atom. The van der Waals surface area contributed by atoms with Crippen LogP contribution < -0.4 is 4.90 Å². The van der Waals surface area contributed by atoms with E-state index in [1.54, 1.807) is 0 Å². The maximum absolute atomic E-state index is 15.5. The number of hydrogen-bond acceptors (Lipinski definition) is 4. The van der Waals surface area contributed by atoms with Gasteiger partial charge in [0, 0.05) is 62.8 Å². The molecule has 35 heavy (non-hydrogen) atoms. The number of benzene rings is 1. The van der Waals surface area contributed by atoms with E-state index >= 15 is 4.39 Å². The molecule has 1 amide bonds. The standard InChI is InChI=1S/C25H33F4N3O3/c1-23(2,3)32-11-8-24(26,15-32)22(35)31-13-17(14-31)19-5-4-18(25(27,28)29)12-20(19)30-9-6-16(7-10-30)21(33)34/h4-5,12,16-17H,6-11,13-15H2,1-3H3,(H,33,34)/t24-/m1/s1. The number of carbonyl (C=O) groups is 2. The number of rotatable bonds is 4. The fourth-order valence-corrected chi connectivity index (χ4v) is 5.35. The fraction of sp³-hybridized carbons (Fsp3) is 0.680. The Kier molecular flexibility index (Phi) is 6.57. The summed E-state index contributed by atoms with van der Waals surface area (Å²) in [6, 6.07) is 3.62. The van der Waals surface area contributed by atoms with Crippen LogP contribution in [0.1, 0.15) is 57.1 Å². The third-order valence-electron chi connectivity index (χ3n) is 7.70. The van der Waals surface area contributed by atoms with Gasteiger partial charge in [-0.25, -0.2) is 4.39 Å². The Morgan fingerprint density at radius 1 is 1.06 bits per heavy atom. The van der Waals surface area contributed by atoms with Crippen LogP contribution in [0.3, 0.4) is 0 Å². The summed E-state index contributed by atoms with van der Waals surface area (Å²) in [5.41, 5.74) is -1.84. The Bertz CT molecular complexity index is 979. The maximum atomic E-state index is 15.5. The van der Waals surface area contributed by atoms with Crippen LogP contribution in [0.5, 0.6) is 0 Å². The zero-order chi connectivity index (χ0) is 25.8. The van der Waals surface area contributed by atoms with Gasteiger partial charge in [0.2, 0.25) is 5.67 Å². The van der Waals surface area contributed by atoms with Crippen molar-refractivity contribution in [1.82, 2.24) is 9.80 Å². The molecule has 4 rings (SSSR count). The number of likely N-dealkylation sites (tertiary alicyclic amines) is 2. The van der Waals surface area contributed by atoms with E-state index in [0.29, 0.717) is 43.7 Å². The lowest BCUT2D eigenvalue weighted by atomic mass is 9.86. The summed E-state index contributed by atoms with van der Waals surface area (Å²) in [7, 11) is 0. The first kappa shape index (κ1) is 25.7. The molecule has 0 unspecified atom stereocenters. The molecule has 194 valence electrons. The minimum atomic E-state index is -4.50. The Morgan fingerprint density at radius 2 is 1.69 bits per heavy atom. The molecular formula is C25H33F4N3O3. The first-order valence-electron chi connectivity index (χ1n) is 12.1. The van der Waals surface area contributed by atoms with Gasteiger partial charge in [0.1, 0.15) is 0 Å². The smallest absolute Gasteiger partial charge is 0.416 e. The van der Waals surface area contributed by atoms with Crippen molar-refractivity contribution in [2.75, 3.05) is 44.2 Å². The SMILES string of the molecule is CC(C)(C)N1CC[C@](F)(C(=O)N2CC(c3ccc(C(F)(F)F)cc3N3CCC(C(=O)O)CC3)C2)C1. The average Bonchev–Trinajstić information content (AvgIpc) is 3.16. The van der Waals surface area contributed by atoms with Crippen molar-refractivity contribution in [2.45, 2.75) is 63.3 Å². The second-order valence-corrected chi connectivity index (χ2v) is 11.1. The summed E-state index contributed by atoms with van der Waals surface area (Å²) in [6.45, 7) is 7.68. The minimum absolute atomic E-state index is 0.0422. The monoisotopic (exact) mass is 499 g/mol. The first-order chi connectivity index (χ1) is 16.2. The van der Waals surface area contributed by atoms with Crippen LogP contribution in [0, 0.1) is 5.92 Å². The van der Waals surface area contributed by atoms with E-state index in [-0.39, 0.29) is 37.5 Å². The van der Waals surface area contributed by atoms with Crippen molar-refractivity contribution in [3.63, 3.8) is 0 Å². The topological polar surface area (TPSA) is 64.1 Å². The van der Waals surface area contributed by atoms with Crippen LogP contribution >= 0.6 is 0 Å². The van der Waals surface area contributed by atoms with Crippen molar-refractivity contribution >= 4 is 17.6 Å². The highest BCUT2D eigenvalue weighted by molar-refractivity contribution is 5.87. The number of amides is 1. The molecule has 0 radical (unpaired) electrons. The molecule has 0 bridgehead atoms. The average molecular weight is 500 g/mol. The third-order valence-corrected chi connectivity index (χ3v) is 7.70. The molecule has 3 fully saturated rings. The number of nitrogens with zero attached hydrogens (tertiary/aromatic N) is 3. The second kappa shape index (κ2) is 8.94. The van der Waals surface area contributed by atoms with Gasteiger partial charge in [-0.05, 0) is 51.3 Å². The largest absolute Gasteiger partial charge is 0.481 e. The predicted octanol–water partition coefficient (Wildman–Crippen LogP) is 4.14. The molecular weight excluding hydrogens is 466 g/mol. The van der Waals surface area contributed by atoms with Gasteiger partial charge in [-0.15, -0.1) is 0 Å². The van der Waals surface area contributed by atoms with Gasteiger partial charge in [-0.2, -0.15) is 13.2 Å². The van der Waals surface area contributed by atoms with Gasteiger partial charge in [0.15, 0.2) is 0 Å². The summed E-state index contributed by atoms with van der Waals surface area (Å²) >= 11 is 0. The van der Waals surface area contributed by atoms with Gasteiger partial charge in [0.05, 0.1) is 11.5 Å². The van der Waals surface area contributed by atoms with E-state index in [0.717, 1.165) is 12.1 Å². The van der Waals surface area contributed by atoms with Crippen LogP contribution in [0.2, 0.25) is 0 Å². The summed E-state index contributed by atoms with van der Waals surface area (Å²) in [4.78, 5) is 29.5. The molecule has 3 saturated heterocycles. The van der Waals surface area contributed by atoms with Crippen LogP contribution in [0.15, 0.2) is 18.2 Å². The van der Waals surface area contributed by atoms with Crippen LogP contribution in [0.25, 0.3) is 0 Å². The lowest BCUT2D eigenvalue weighted by Crippen LogP contribution is -2.57. The number of carboxylic acids is 1. The number of aliphatic carboxylic acids is 1. The number of piperidine rings is 1. The van der Waals surface area contributed by atoms with Crippen molar-refractivity contribution in [3.8, 4) is 0 Å². The van der Waals surface area contributed by atoms with Crippen molar-refractivity contribution in [1.29, 1.82) is 0 Å². The number of alkyl halides is 4. The van der Waals surface area contributed by atoms with E-state index in [1.807, 2.05) is 30.6 Å². The normalized spacial score (nSPS) is 25.1. The summed E-state index contributed by atoms with van der Waals surface area (Å²) in [6.07, 6.45) is -3.66. The van der Waals surface area contributed by atoms with Gasteiger partial charge in [-0.1, -0.05) is 6.07 Å². The summed E-state index contributed by atoms with van der Waals surface area (Å²) in [5.74, 6) is -2.13. The molecule has 10 heteroatoms. The molecule has 0 saturated carbocycles. The maximum Gasteiger partial charge on any atom is 0.416 e. The van der Waals surface area contributed by atoms with Crippen LogP contribution in [-0.2, 0) is 15.8 Å². The van der Waals surface area contributed by atoms with E-state index in [2.05, 4.69) is 0 Å². The second-order valence-electron chi connectivity index (χ2n) is 11.1. The van der Waals surface area contributed by atoms with Gasteiger partial charge in [0.25, 0.3) is 5.91 Å². The van der Waals surface area contributed by atoms with E-state index in [4.69, 9.17) is 0 Å². The molecule has 0 spiro atoms. The van der Waals surface area contributed by atoms with Crippen LogP contribution in [-0.4, -0.2) is 77.3 Å². The predicted molar refractivity (Wildman–Crippen MR) is 123 cm³/mol. The zero-order valence-corrected chi connectivity index (χ0v) is 20.4.